The van der Waals surface area contributed by atoms with E-state index in [2.05, 4.69) is 20.8 Å². The number of hydrazone groups is 1. The van der Waals surface area contributed by atoms with E-state index in [0.29, 0.717) is 36.5 Å². The maximum absolute atomic E-state index is 13.5. The van der Waals surface area contributed by atoms with Crippen LogP contribution >= 0.6 is 0 Å². The molecule has 1 saturated heterocycles. The summed E-state index contributed by atoms with van der Waals surface area (Å²) >= 11 is 0. The Hall–Kier alpha value is -5.23. The van der Waals surface area contributed by atoms with Gasteiger partial charge in [-0.3, -0.25) is 29.6 Å². The third-order valence-electron chi connectivity index (χ3n) is 7.13. The summed E-state index contributed by atoms with van der Waals surface area (Å²) in [7, 11) is 3.21. The number of hydrogen-bond donors (Lipinski definition) is 3. The van der Waals surface area contributed by atoms with Gasteiger partial charge in [0.1, 0.15) is 18.3 Å². The van der Waals surface area contributed by atoms with Gasteiger partial charge in [-0.1, -0.05) is 42.5 Å². The minimum Gasteiger partial charge on any atom is -0.463 e. The fraction of sp³-hybridized carbons (Fsp3) is 0.258. The van der Waals surface area contributed by atoms with Gasteiger partial charge in [-0.25, -0.2) is 4.68 Å². The summed E-state index contributed by atoms with van der Waals surface area (Å²) in [5.74, 6) is -1.26. The molecule has 0 radical (unpaired) electrons. The average molecular weight is 584 g/mol. The van der Waals surface area contributed by atoms with E-state index in [1.54, 1.807) is 60.5 Å². The van der Waals surface area contributed by atoms with Crippen molar-refractivity contribution in [1.29, 1.82) is 0 Å². The lowest BCUT2D eigenvalue weighted by Crippen LogP contribution is -2.29. The van der Waals surface area contributed by atoms with Gasteiger partial charge in [0.05, 0.1) is 16.9 Å². The first-order valence-electron chi connectivity index (χ1n) is 14.0. The molecule has 1 unspecified atom stereocenters. The van der Waals surface area contributed by atoms with Crippen LogP contribution in [0.25, 0.3) is 11.8 Å². The number of amides is 3. The van der Waals surface area contributed by atoms with Crippen LogP contribution in [-0.2, 0) is 14.3 Å². The Labute approximate surface area is 248 Å². The Bertz CT molecular complexity index is 1640. The molecule has 12 nitrogen and oxygen atoms in total. The van der Waals surface area contributed by atoms with Gasteiger partial charge in [-0.2, -0.15) is 5.01 Å². The lowest BCUT2D eigenvalue weighted by molar-refractivity contribution is -0.125. The highest BCUT2D eigenvalue weighted by atomic mass is 16.5. The molecule has 0 bridgehead atoms. The van der Waals surface area contributed by atoms with Crippen molar-refractivity contribution in [3.8, 4) is 5.69 Å². The van der Waals surface area contributed by atoms with Gasteiger partial charge in [0.15, 0.2) is 0 Å². The Balaban J connectivity index is 1.49. The molecule has 2 aromatic carbocycles. The number of hydrogen-bond acceptors (Lipinski definition) is 7. The summed E-state index contributed by atoms with van der Waals surface area (Å²) in [4.78, 5) is 54.0. The Morgan fingerprint density at radius 3 is 2.37 bits per heavy atom. The summed E-state index contributed by atoms with van der Waals surface area (Å²) in [5, 5.41) is 14.1. The number of ether oxygens (including phenoxy) is 1. The van der Waals surface area contributed by atoms with Crippen LogP contribution in [0.3, 0.4) is 0 Å². The number of carbonyl (C=O) groups excluding carboxylic acids is 3. The smallest absolute Gasteiger partial charge is 0.279 e. The van der Waals surface area contributed by atoms with Crippen molar-refractivity contribution in [2.24, 2.45) is 11.0 Å². The maximum atomic E-state index is 13.5. The second-order valence-electron chi connectivity index (χ2n) is 9.92. The first kappa shape index (κ1) is 29.3. The average Bonchev–Trinajstić information content (AvgIpc) is 3.71. The zero-order valence-electron chi connectivity index (χ0n) is 23.9. The molecular weight excluding hydrogens is 550 g/mol. The van der Waals surface area contributed by atoms with Crippen LogP contribution in [0.5, 0.6) is 0 Å². The number of carbonyl (C=O) groups is 3. The minimum absolute atomic E-state index is 0.0674. The van der Waals surface area contributed by atoms with E-state index in [4.69, 9.17) is 4.74 Å². The van der Waals surface area contributed by atoms with Crippen molar-refractivity contribution in [2.45, 2.75) is 19.3 Å². The first-order valence-corrected chi connectivity index (χ1v) is 14.0. The van der Waals surface area contributed by atoms with Gasteiger partial charge in [0.25, 0.3) is 17.4 Å². The van der Waals surface area contributed by atoms with Crippen molar-refractivity contribution in [3.63, 3.8) is 0 Å². The van der Waals surface area contributed by atoms with Crippen LogP contribution in [0, 0.1) is 5.92 Å². The monoisotopic (exact) mass is 583 g/mol. The number of nitrogens with one attached hydrogen (secondary N) is 3. The lowest BCUT2D eigenvalue weighted by Gasteiger charge is -2.18. The first-order chi connectivity index (χ1) is 20.9. The number of anilines is 1. The third-order valence-corrected chi connectivity index (χ3v) is 7.13. The molecule has 1 atom stereocenters. The van der Waals surface area contributed by atoms with Crippen molar-refractivity contribution < 1.29 is 19.1 Å². The summed E-state index contributed by atoms with van der Waals surface area (Å²) < 4.78 is 7.06. The number of para-hydroxylation sites is 2. The van der Waals surface area contributed by atoms with Gasteiger partial charge >= 0.3 is 0 Å². The number of likely N-dealkylation sites (tertiary alicyclic amines) is 1. The van der Waals surface area contributed by atoms with E-state index in [0.717, 1.165) is 0 Å². The quantitative estimate of drug-likeness (QED) is 0.248. The van der Waals surface area contributed by atoms with E-state index >= 15 is 0 Å². The van der Waals surface area contributed by atoms with Gasteiger partial charge in [0, 0.05) is 25.7 Å². The Morgan fingerprint density at radius 2 is 1.74 bits per heavy atom. The molecule has 3 N–H and O–H groups in total. The van der Waals surface area contributed by atoms with Crippen molar-refractivity contribution in [2.75, 3.05) is 32.4 Å². The highest BCUT2D eigenvalue weighted by Crippen LogP contribution is 2.28. The number of nitrogens with zero attached hydrogens (tertiary/aromatic N) is 4. The Morgan fingerprint density at radius 1 is 1.05 bits per heavy atom. The molecule has 0 spiro atoms. The second-order valence-corrected chi connectivity index (χ2v) is 9.92. The van der Waals surface area contributed by atoms with Crippen LogP contribution < -0.4 is 21.2 Å². The largest absolute Gasteiger partial charge is 0.463 e. The standard InChI is InChI=1S/C31H33N7O5/c1-32-20-43-29-25(31(42)38(35-29)23-12-7-4-8-13-23)18-16-21(36-19-9-14-26(36)39)15-17-24-27(28(40)33-2)34-37(30(24)41)22-10-5-3-6-11-22/h3-8,10-13,15-17,25,32,34H,9,14,18-20H2,1-2H3,(H,33,40)/b17-15+,21-16-. The molecule has 3 aromatic rings. The molecule has 0 saturated carbocycles. The zero-order chi connectivity index (χ0) is 30.3. The molecule has 222 valence electrons. The fourth-order valence-electron chi connectivity index (χ4n) is 4.96. The highest BCUT2D eigenvalue weighted by molar-refractivity contribution is 6.13. The SMILES string of the molecule is CNCOC1=NN(c2ccccc2)C(=O)C1C/C=C(/C=C/c1c(C(=O)NC)[nH]n(-c2ccccc2)c1=O)N1CCCC1=O. The van der Waals surface area contributed by atoms with Gasteiger partial charge in [0.2, 0.25) is 11.8 Å². The van der Waals surface area contributed by atoms with Crippen LogP contribution in [0.1, 0.15) is 35.3 Å². The van der Waals surface area contributed by atoms with E-state index in [-0.39, 0.29) is 42.1 Å². The fourth-order valence-corrected chi connectivity index (χ4v) is 4.96. The second kappa shape index (κ2) is 13.2. The maximum Gasteiger partial charge on any atom is 0.279 e. The van der Waals surface area contributed by atoms with Crippen LogP contribution in [0.15, 0.2) is 88.4 Å². The summed E-state index contributed by atoms with van der Waals surface area (Å²) in [6, 6.07) is 18.0. The molecule has 0 aliphatic carbocycles. The number of aromatic nitrogens is 2. The normalized spacial score (nSPS) is 17.2. The molecule has 12 heteroatoms. The molecule has 1 fully saturated rings. The topological polar surface area (TPSA) is 141 Å². The number of aromatic amines is 1. The predicted molar refractivity (Wildman–Crippen MR) is 162 cm³/mol. The predicted octanol–water partition coefficient (Wildman–Crippen LogP) is 2.60. The van der Waals surface area contributed by atoms with Crippen LogP contribution in [0.4, 0.5) is 5.69 Å². The van der Waals surface area contributed by atoms with Crippen LogP contribution in [0.2, 0.25) is 0 Å². The number of H-pyrrole nitrogens is 1. The molecule has 5 rings (SSSR count). The molecule has 3 amide bonds. The summed E-state index contributed by atoms with van der Waals surface area (Å²) in [6.45, 7) is 0.653. The van der Waals surface area contributed by atoms with Crippen LogP contribution in [-0.4, -0.2) is 65.7 Å². The third kappa shape index (κ3) is 6.19. The number of rotatable bonds is 10. The lowest BCUT2D eigenvalue weighted by atomic mass is 10.0. The van der Waals surface area contributed by atoms with Gasteiger partial charge in [-0.05, 0) is 56.3 Å². The minimum atomic E-state index is -0.723. The molecule has 1 aromatic heterocycles. The van der Waals surface area contributed by atoms with Crippen molar-refractivity contribution in [1.82, 2.24) is 25.3 Å². The molecule has 43 heavy (non-hydrogen) atoms. The van der Waals surface area contributed by atoms with E-state index in [9.17, 15) is 19.2 Å². The zero-order valence-corrected chi connectivity index (χ0v) is 23.9. The van der Waals surface area contributed by atoms with E-state index in [1.165, 1.54) is 22.8 Å². The molecule has 2 aliphatic rings. The molecule has 2 aliphatic heterocycles. The Kier molecular flexibility index (Phi) is 8.96. The summed E-state index contributed by atoms with van der Waals surface area (Å²) in [6.07, 6.45) is 6.20. The van der Waals surface area contributed by atoms with Gasteiger partial charge in [-0.15, -0.1) is 5.10 Å². The highest BCUT2D eigenvalue weighted by Gasteiger charge is 2.38. The number of benzene rings is 2. The van der Waals surface area contributed by atoms with Crippen molar-refractivity contribution >= 4 is 35.4 Å². The van der Waals surface area contributed by atoms with Gasteiger partial charge < -0.3 is 15.0 Å². The van der Waals surface area contributed by atoms with Crippen molar-refractivity contribution in [3.05, 3.63) is 100 Å². The number of allylic oxidation sites excluding steroid dienone is 2. The van der Waals surface area contributed by atoms with E-state index < -0.39 is 17.4 Å². The summed E-state index contributed by atoms with van der Waals surface area (Å²) in [5.41, 5.74) is 1.48. The molecular formula is C31H33N7O5. The van der Waals surface area contributed by atoms with E-state index in [1.807, 2.05) is 24.3 Å². The molecule has 3 heterocycles.